The highest BCUT2D eigenvalue weighted by Gasteiger charge is 2.16. The Bertz CT molecular complexity index is 1220. The number of aromatic nitrogens is 2. The number of benzene rings is 1. The van der Waals surface area contributed by atoms with Gasteiger partial charge >= 0.3 is 5.97 Å². The summed E-state index contributed by atoms with van der Waals surface area (Å²) in [5.74, 6) is 1.59. The van der Waals surface area contributed by atoms with Crippen molar-refractivity contribution in [3.63, 3.8) is 0 Å². The summed E-state index contributed by atoms with van der Waals surface area (Å²) in [5, 5.41) is 2.49. The summed E-state index contributed by atoms with van der Waals surface area (Å²) in [6, 6.07) is 10.4. The lowest BCUT2D eigenvalue weighted by molar-refractivity contribution is 0.0600. The van der Waals surface area contributed by atoms with E-state index in [1.165, 1.54) is 18.4 Å². The van der Waals surface area contributed by atoms with Crippen LogP contribution in [0.25, 0.3) is 21.5 Å². The first-order valence-corrected chi connectivity index (χ1v) is 10.3. The van der Waals surface area contributed by atoms with Crippen molar-refractivity contribution in [3.05, 3.63) is 69.8 Å². The van der Waals surface area contributed by atoms with Crippen molar-refractivity contribution in [2.45, 2.75) is 19.9 Å². The molecule has 4 rings (SSSR count). The maximum Gasteiger partial charge on any atom is 0.337 e. The predicted octanol–water partition coefficient (Wildman–Crippen LogP) is 4.28. The summed E-state index contributed by atoms with van der Waals surface area (Å²) in [6.45, 7) is 2.75. The van der Waals surface area contributed by atoms with E-state index in [4.69, 9.17) is 9.15 Å². The molecule has 8 heteroatoms. The number of hydrogen-bond acceptors (Lipinski definition) is 7. The molecule has 0 unspecified atom stereocenters. The second kappa shape index (κ2) is 8.54. The van der Waals surface area contributed by atoms with E-state index in [0.29, 0.717) is 52.7 Å². The zero-order valence-electron chi connectivity index (χ0n) is 16.6. The molecule has 0 saturated heterocycles. The van der Waals surface area contributed by atoms with Crippen molar-refractivity contribution in [3.8, 4) is 17.1 Å². The van der Waals surface area contributed by atoms with Gasteiger partial charge in [0.2, 0.25) is 0 Å². The Morgan fingerprint density at radius 1 is 1.23 bits per heavy atom. The van der Waals surface area contributed by atoms with Gasteiger partial charge in [0.15, 0.2) is 0 Å². The van der Waals surface area contributed by atoms with Crippen LogP contribution in [-0.4, -0.2) is 29.2 Å². The van der Waals surface area contributed by atoms with Gasteiger partial charge in [0, 0.05) is 17.5 Å². The fraction of sp³-hybridized carbons (Fsp3) is 0.227. The van der Waals surface area contributed by atoms with Crippen molar-refractivity contribution in [2.75, 3.05) is 13.7 Å². The Labute approximate surface area is 176 Å². The van der Waals surface area contributed by atoms with Gasteiger partial charge in [-0.2, -0.15) is 0 Å². The average Bonchev–Trinajstić information content (AvgIpc) is 3.42. The normalized spacial score (nSPS) is 11.0. The number of rotatable bonds is 7. The monoisotopic (exact) mass is 424 g/mol. The van der Waals surface area contributed by atoms with Gasteiger partial charge in [-0.15, -0.1) is 11.3 Å². The Balaban J connectivity index is 1.46. The maximum absolute atomic E-state index is 13.1. The van der Waals surface area contributed by atoms with Crippen LogP contribution in [0.2, 0.25) is 0 Å². The number of hydrogen-bond donors (Lipinski definition) is 0. The summed E-state index contributed by atoms with van der Waals surface area (Å²) in [4.78, 5) is 29.9. The minimum Gasteiger partial charge on any atom is -0.494 e. The number of carbonyl (C=O) groups is 1. The summed E-state index contributed by atoms with van der Waals surface area (Å²) in [5.41, 5.74) is 1.16. The minimum absolute atomic E-state index is 0.0763. The van der Waals surface area contributed by atoms with Crippen LogP contribution in [0.15, 0.2) is 57.3 Å². The molecule has 7 nitrogen and oxygen atoms in total. The van der Waals surface area contributed by atoms with Crippen molar-refractivity contribution in [1.29, 1.82) is 0 Å². The van der Waals surface area contributed by atoms with Crippen molar-refractivity contribution >= 4 is 27.5 Å². The summed E-state index contributed by atoms with van der Waals surface area (Å²) in [7, 11) is 1.34. The lowest BCUT2D eigenvalue weighted by Gasteiger charge is -2.11. The summed E-state index contributed by atoms with van der Waals surface area (Å²) < 4.78 is 17.6. The molecule has 1 aromatic carbocycles. The van der Waals surface area contributed by atoms with E-state index in [2.05, 4.69) is 9.72 Å². The van der Waals surface area contributed by atoms with Crippen molar-refractivity contribution in [2.24, 2.45) is 0 Å². The molecule has 0 radical (unpaired) electrons. The number of carbonyl (C=O) groups excluding carboxylic acids is 1. The molecule has 0 aliphatic rings. The fourth-order valence-corrected chi connectivity index (χ4v) is 4.18. The number of thiophene rings is 1. The molecule has 0 atom stereocenters. The highest BCUT2D eigenvalue weighted by atomic mass is 32.1. The quantitative estimate of drug-likeness (QED) is 0.325. The molecule has 0 aliphatic carbocycles. The lowest BCUT2D eigenvalue weighted by atomic mass is 10.2. The van der Waals surface area contributed by atoms with Gasteiger partial charge in [-0.1, -0.05) is 0 Å². The second-order valence-electron chi connectivity index (χ2n) is 6.64. The highest BCUT2D eigenvalue weighted by molar-refractivity contribution is 7.17. The van der Waals surface area contributed by atoms with Gasteiger partial charge in [0.25, 0.3) is 5.56 Å². The third-order valence-electron chi connectivity index (χ3n) is 4.74. The molecule has 154 valence electrons. The van der Waals surface area contributed by atoms with Crippen LogP contribution in [0.4, 0.5) is 0 Å². The molecular formula is C22H20N2O5S. The first-order chi connectivity index (χ1) is 14.6. The molecule has 0 amide bonds. The second-order valence-corrected chi connectivity index (χ2v) is 7.50. The number of esters is 1. The number of aryl methyl sites for hydroxylation is 1. The van der Waals surface area contributed by atoms with E-state index < -0.39 is 0 Å². The Morgan fingerprint density at radius 3 is 2.73 bits per heavy atom. The summed E-state index contributed by atoms with van der Waals surface area (Å²) in [6.07, 6.45) is 2.22. The van der Waals surface area contributed by atoms with Crippen molar-refractivity contribution < 1.29 is 18.7 Å². The van der Waals surface area contributed by atoms with Gasteiger partial charge in [-0.25, -0.2) is 9.78 Å². The highest BCUT2D eigenvalue weighted by Crippen LogP contribution is 2.31. The van der Waals surface area contributed by atoms with E-state index in [1.54, 1.807) is 41.2 Å². The molecule has 3 heterocycles. The maximum atomic E-state index is 13.1. The zero-order chi connectivity index (χ0) is 21.1. The number of fused-ring (bicyclic) bond motifs is 1. The molecular weight excluding hydrogens is 404 g/mol. The van der Waals surface area contributed by atoms with E-state index in [-0.39, 0.29) is 11.5 Å². The minimum atomic E-state index is -0.387. The van der Waals surface area contributed by atoms with Crippen LogP contribution in [0, 0.1) is 6.92 Å². The van der Waals surface area contributed by atoms with Gasteiger partial charge in [-0.05, 0) is 49.7 Å². The molecule has 0 aliphatic heterocycles. The largest absolute Gasteiger partial charge is 0.494 e. The topological polar surface area (TPSA) is 83.6 Å². The number of ether oxygens (including phenoxy) is 2. The smallest absolute Gasteiger partial charge is 0.337 e. The molecule has 0 bridgehead atoms. The van der Waals surface area contributed by atoms with Crippen LogP contribution >= 0.6 is 11.3 Å². The zero-order valence-corrected chi connectivity index (χ0v) is 17.4. The Kier molecular flexibility index (Phi) is 5.67. The Hall–Kier alpha value is -3.39. The Morgan fingerprint density at radius 2 is 2.03 bits per heavy atom. The van der Waals surface area contributed by atoms with Crippen LogP contribution in [-0.2, 0) is 11.3 Å². The molecule has 3 aromatic heterocycles. The van der Waals surface area contributed by atoms with E-state index in [0.717, 1.165) is 5.56 Å². The number of methoxy groups -OCH3 is 1. The number of furan rings is 1. The molecule has 4 aromatic rings. The van der Waals surface area contributed by atoms with Gasteiger partial charge in [-0.3, -0.25) is 9.36 Å². The first kappa shape index (κ1) is 19.9. The van der Waals surface area contributed by atoms with Gasteiger partial charge in [0.1, 0.15) is 22.2 Å². The van der Waals surface area contributed by atoms with E-state index >= 15 is 0 Å². The lowest BCUT2D eigenvalue weighted by Crippen LogP contribution is -2.24. The molecule has 30 heavy (non-hydrogen) atoms. The van der Waals surface area contributed by atoms with Crippen molar-refractivity contribution in [1.82, 2.24) is 9.55 Å². The SMILES string of the molecule is COC(=O)c1ccc(OCCCn2c(C)nc3scc(-c4ccco4)c3c2=O)cc1. The standard InChI is InChI=1S/C22H20N2O5S/c1-14-23-20-19(17(13-30-20)18-5-3-11-29-18)21(25)24(14)10-4-12-28-16-8-6-15(7-9-16)22(26)27-2/h3,5-9,11,13H,4,10,12H2,1-2H3. The molecule has 0 spiro atoms. The van der Waals surface area contributed by atoms with Gasteiger partial charge in [0.05, 0.1) is 30.9 Å². The van der Waals surface area contributed by atoms with E-state index in [9.17, 15) is 9.59 Å². The van der Waals surface area contributed by atoms with Crippen LogP contribution in [0.3, 0.4) is 0 Å². The predicted molar refractivity (Wildman–Crippen MR) is 114 cm³/mol. The molecule has 0 N–H and O–H groups in total. The third-order valence-corrected chi connectivity index (χ3v) is 5.61. The van der Waals surface area contributed by atoms with Gasteiger partial charge < -0.3 is 13.9 Å². The van der Waals surface area contributed by atoms with Crippen LogP contribution < -0.4 is 10.3 Å². The summed E-state index contributed by atoms with van der Waals surface area (Å²) >= 11 is 1.44. The van der Waals surface area contributed by atoms with Crippen LogP contribution in [0.5, 0.6) is 5.75 Å². The fourth-order valence-electron chi connectivity index (χ4n) is 3.22. The van der Waals surface area contributed by atoms with Crippen LogP contribution in [0.1, 0.15) is 22.6 Å². The first-order valence-electron chi connectivity index (χ1n) is 9.42. The third kappa shape index (κ3) is 3.86. The van der Waals surface area contributed by atoms with E-state index in [1.807, 2.05) is 18.4 Å². The number of nitrogens with zero attached hydrogens (tertiary/aromatic N) is 2. The molecule has 0 saturated carbocycles. The molecule has 0 fully saturated rings. The average molecular weight is 424 g/mol.